The maximum Gasteiger partial charge on any atom is 0.241 e. The van der Waals surface area contributed by atoms with Crippen LogP contribution in [0.15, 0.2) is 12.4 Å². The fraction of sp³-hybridized carbons (Fsp3) is 0.714. The Labute approximate surface area is 121 Å². The first-order valence-corrected chi connectivity index (χ1v) is 6.99. The van der Waals surface area contributed by atoms with Crippen LogP contribution >= 0.6 is 0 Å². The maximum atomic E-state index is 12.1. The molecule has 0 aromatic carbocycles. The minimum absolute atomic E-state index is 0.159. The van der Waals surface area contributed by atoms with Gasteiger partial charge in [0, 0.05) is 31.4 Å². The SMILES string of the molecule is CC(C)CC(CNC(=O)C(N)c1cnn(C)c1)N(C)C. The quantitative estimate of drug-likeness (QED) is 0.763. The number of rotatable bonds is 7. The monoisotopic (exact) mass is 281 g/mol. The van der Waals surface area contributed by atoms with Crippen molar-refractivity contribution in [2.24, 2.45) is 18.7 Å². The smallest absolute Gasteiger partial charge is 0.241 e. The lowest BCUT2D eigenvalue weighted by atomic mass is 10.0. The van der Waals surface area contributed by atoms with Crippen LogP contribution in [0.2, 0.25) is 0 Å². The second-order valence-corrected chi connectivity index (χ2v) is 5.92. The molecule has 114 valence electrons. The standard InChI is InChI=1S/C14H27N5O/c1-10(2)6-12(18(3)4)8-16-14(20)13(15)11-7-17-19(5)9-11/h7,9-10,12-13H,6,8,15H2,1-5H3,(H,16,20). The highest BCUT2D eigenvalue weighted by Gasteiger charge is 2.20. The molecule has 2 atom stereocenters. The van der Waals surface area contributed by atoms with Gasteiger partial charge in [0.25, 0.3) is 0 Å². The van der Waals surface area contributed by atoms with E-state index in [4.69, 9.17) is 5.73 Å². The van der Waals surface area contributed by atoms with E-state index in [1.807, 2.05) is 14.1 Å². The number of nitrogens with two attached hydrogens (primary N) is 1. The van der Waals surface area contributed by atoms with Gasteiger partial charge in [0.1, 0.15) is 6.04 Å². The Balaban J connectivity index is 2.52. The molecule has 20 heavy (non-hydrogen) atoms. The third kappa shape index (κ3) is 4.94. The summed E-state index contributed by atoms with van der Waals surface area (Å²) < 4.78 is 1.64. The highest BCUT2D eigenvalue weighted by Crippen LogP contribution is 2.10. The van der Waals surface area contributed by atoms with E-state index in [1.165, 1.54) is 0 Å². The summed E-state index contributed by atoms with van der Waals surface area (Å²) in [5, 5.41) is 6.97. The molecule has 3 N–H and O–H groups in total. The lowest BCUT2D eigenvalue weighted by molar-refractivity contribution is -0.122. The van der Waals surface area contributed by atoms with Crippen molar-refractivity contribution in [1.82, 2.24) is 20.0 Å². The van der Waals surface area contributed by atoms with Crippen molar-refractivity contribution in [3.63, 3.8) is 0 Å². The molecule has 1 aromatic rings. The first-order chi connectivity index (χ1) is 9.31. The van der Waals surface area contributed by atoms with E-state index < -0.39 is 6.04 Å². The first-order valence-electron chi connectivity index (χ1n) is 6.99. The molecule has 6 heteroatoms. The summed E-state index contributed by atoms with van der Waals surface area (Å²) in [6, 6.07) is -0.342. The zero-order chi connectivity index (χ0) is 15.3. The molecule has 0 saturated heterocycles. The van der Waals surface area contributed by atoms with E-state index in [0.717, 1.165) is 12.0 Å². The minimum Gasteiger partial charge on any atom is -0.353 e. The Morgan fingerprint density at radius 1 is 1.50 bits per heavy atom. The Bertz CT molecular complexity index is 427. The third-order valence-corrected chi connectivity index (χ3v) is 3.35. The zero-order valence-electron chi connectivity index (χ0n) is 13.1. The fourth-order valence-electron chi connectivity index (χ4n) is 2.10. The van der Waals surface area contributed by atoms with E-state index >= 15 is 0 Å². The summed E-state index contributed by atoms with van der Waals surface area (Å²) in [4.78, 5) is 14.2. The Morgan fingerprint density at radius 2 is 2.15 bits per heavy atom. The van der Waals surface area contributed by atoms with E-state index in [2.05, 4.69) is 29.2 Å². The highest BCUT2D eigenvalue weighted by molar-refractivity contribution is 5.82. The van der Waals surface area contributed by atoms with E-state index in [1.54, 1.807) is 24.1 Å². The van der Waals surface area contributed by atoms with Gasteiger partial charge in [-0.2, -0.15) is 5.10 Å². The van der Waals surface area contributed by atoms with Gasteiger partial charge in [0.15, 0.2) is 0 Å². The van der Waals surface area contributed by atoms with Gasteiger partial charge in [-0.25, -0.2) is 0 Å². The summed E-state index contributed by atoms with van der Waals surface area (Å²) >= 11 is 0. The Hall–Kier alpha value is -1.40. The number of hydrogen-bond acceptors (Lipinski definition) is 4. The Morgan fingerprint density at radius 3 is 2.60 bits per heavy atom. The topological polar surface area (TPSA) is 76.2 Å². The number of amides is 1. The van der Waals surface area contributed by atoms with Crippen molar-refractivity contribution >= 4 is 5.91 Å². The van der Waals surface area contributed by atoms with Crippen molar-refractivity contribution in [3.8, 4) is 0 Å². The average Bonchev–Trinajstić information content (AvgIpc) is 2.79. The molecular formula is C14H27N5O. The summed E-state index contributed by atoms with van der Waals surface area (Å²) in [6.07, 6.45) is 4.43. The average molecular weight is 281 g/mol. The number of nitrogens with zero attached hydrogens (tertiary/aromatic N) is 3. The van der Waals surface area contributed by atoms with Crippen LogP contribution in [-0.2, 0) is 11.8 Å². The molecule has 2 unspecified atom stereocenters. The summed E-state index contributed by atoms with van der Waals surface area (Å²) in [7, 11) is 5.86. The largest absolute Gasteiger partial charge is 0.353 e. The van der Waals surface area contributed by atoms with Gasteiger partial charge in [-0.15, -0.1) is 0 Å². The van der Waals surface area contributed by atoms with Gasteiger partial charge in [-0.3, -0.25) is 9.48 Å². The number of aryl methyl sites for hydroxylation is 1. The molecule has 0 bridgehead atoms. The number of nitrogens with one attached hydrogen (secondary N) is 1. The van der Waals surface area contributed by atoms with Crippen LogP contribution in [0.5, 0.6) is 0 Å². The second kappa shape index (κ2) is 7.40. The molecular weight excluding hydrogens is 254 g/mol. The number of aromatic nitrogens is 2. The maximum absolute atomic E-state index is 12.1. The molecule has 0 aliphatic carbocycles. The molecule has 1 rings (SSSR count). The van der Waals surface area contributed by atoms with Crippen molar-refractivity contribution < 1.29 is 4.79 Å². The summed E-state index contributed by atoms with van der Waals surface area (Å²) in [6.45, 7) is 4.97. The summed E-state index contributed by atoms with van der Waals surface area (Å²) in [5.74, 6) is 0.430. The van der Waals surface area contributed by atoms with Crippen LogP contribution in [0.4, 0.5) is 0 Å². The van der Waals surface area contributed by atoms with Crippen LogP contribution in [0.3, 0.4) is 0 Å². The number of carbonyl (C=O) groups excluding carboxylic acids is 1. The van der Waals surface area contributed by atoms with Gasteiger partial charge >= 0.3 is 0 Å². The summed E-state index contributed by atoms with van der Waals surface area (Å²) in [5.41, 5.74) is 6.67. The first kappa shape index (κ1) is 16.7. The van der Waals surface area contributed by atoms with Gasteiger partial charge in [0.2, 0.25) is 5.91 Å². The zero-order valence-corrected chi connectivity index (χ0v) is 13.1. The van der Waals surface area contributed by atoms with Crippen molar-refractivity contribution in [2.45, 2.75) is 32.4 Å². The predicted molar refractivity (Wildman–Crippen MR) is 80.1 cm³/mol. The molecule has 0 aliphatic heterocycles. The van der Waals surface area contributed by atoms with Crippen LogP contribution in [0.1, 0.15) is 31.9 Å². The molecule has 1 amide bonds. The van der Waals surface area contributed by atoms with Crippen LogP contribution in [-0.4, -0.2) is 47.3 Å². The third-order valence-electron chi connectivity index (χ3n) is 3.35. The Kier molecular flexibility index (Phi) is 6.16. The van der Waals surface area contributed by atoms with E-state index in [9.17, 15) is 4.79 Å². The van der Waals surface area contributed by atoms with Gasteiger partial charge < -0.3 is 16.0 Å². The molecule has 0 aliphatic rings. The number of carbonyl (C=O) groups is 1. The fourth-order valence-corrected chi connectivity index (χ4v) is 2.10. The minimum atomic E-state index is -0.662. The van der Waals surface area contributed by atoms with Gasteiger partial charge in [-0.05, 0) is 26.4 Å². The van der Waals surface area contributed by atoms with Crippen molar-refractivity contribution in [1.29, 1.82) is 0 Å². The molecule has 0 fully saturated rings. The molecule has 1 aromatic heterocycles. The normalized spacial score (nSPS) is 14.6. The lowest BCUT2D eigenvalue weighted by Gasteiger charge is -2.26. The van der Waals surface area contributed by atoms with Crippen molar-refractivity contribution in [2.75, 3.05) is 20.6 Å². The number of hydrogen-bond donors (Lipinski definition) is 2. The highest BCUT2D eigenvalue weighted by atomic mass is 16.2. The molecule has 1 heterocycles. The van der Waals surface area contributed by atoms with Gasteiger partial charge in [-0.1, -0.05) is 13.8 Å². The number of likely N-dealkylation sites (N-methyl/N-ethyl adjacent to an activating group) is 1. The van der Waals surface area contributed by atoms with Crippen molar-refractivity contribution in [3.05, 3.63) is 18.0 Å². The van der Waals surface area contributed by atoms with Gasteiger partial charge in [0.05, 0.1) is 6.20 Å². The molecule has 0 spiro atoms. The van der Waals surface area contributed by atoms with E-state index in [0.29, 0.717) is 18.5 Å². The molecule has 0 radical (unpaired) electrons. The predicted octanol–water partition coefficient (Wildman–Crippen LogP) is 0.512. The second-order valence-electron chi connectivity index (χ2n) is 5.92. The van der Waals surface area contributed by atoms with Crippen LogP contribution in [0.25, 0.3) is 0 Å². The van der Waals surface area contributed by atoms with Crippen LogP contribution in [0, 0.1) is 5.92 Å². The van der Waals surface area contributed by atoms with E-state index in [-0.39, 0.29) is 5.91 Å². The molecule has 6 nitrogen and oxygen atoms in total. The lowest BCUT2D eigenvalue weighted by Crippen LogP contribution is -2.43. The van der Waals surface area contributed by atoms with Crippen LogP contribution < -0.4 is 11.1 Å². The molecule has 0 saturated carbocycles.